The van der Waals surface area contributed by atoms with Gasteiger partial charge in [0.1, 0.15) is 0 Å². The maximum Gasteiger partial charge on any atom is 0.165 e. The molecular weight excluding hydrogens is 598 g/mol. The molecule has 4 aromatic carbocycles. The highest BCUT2D eigenvalue weighted by molar-refractivity contribution is 6.33. The van der Waals surface area contributed by atoms with Gasteiger partial charge in [-0.05, 0) is 48.5 Å². The van der Waals surface area contributed by atoms with Crippen molar-refractivity contribution in [2.24, 2.45) is 0 Å². The second kappa shape index (κ2) is 11.5. The van der Waals surface area contributed by atoms with Gasteiger partial charge in [0.2, 0.25) is 0 Å². The number of hydrogen-bond acceptors (Lipinski definition) is 8. The zero-order valence-corrected chi connectivity index (χ0v) is 24.8. The Balaban J connectivity index is 1.84. The Labute approximate surface area is 251 Å². The van der Waals surface area contributed by atoms with Gasteiger partial charge in [0, 0.05) is 20.1 Å². The van der Waals surface area contributed by atoms with Crippen molar-refractivity contribution in [3.8, 4) is 23.0 Å². The molecule has 4 aromatic rings. The van der Waals surface area contributed by atoms with Crippen LogP contribution in [0.5, 0.6) is 23.0 Å². The molecule has 0 spiro atoms. The molecule has 0 aliphatic carbocycles. The van der Waals surface area contributed by atoms with E-state index in [0.717, 1.165) is 0 Å². The molecule has 1 aliphatic rings. The first-order valence-corrected chi connectivity index (χ1v) is 13.3. The lowest BCUT2D eigenvalue weighted by atomic mass is 10.1. The molecule has 1 heterocycles. The van der Waals surface area contributed by atoms with Crippen LogP contribution >= 0.6 is 46.4 Å². The number of nitrogens with one attached hydrogen (secondary N) is 4. The number of methoxy groups -OCH3 is 4. The third kappa shape index (κ3) is 5.40. The third-order valence-electron chi connectivity index (χ3n) is 6.11. The average Bonchev–Trinajstić information content (AvgIpc) is 2.88. The van der Waals surface area contributed by atoms with Crippen LogP contribution in [-0.4, -0.2) is 28.4 Å². The minimum Gasteiger partial charge on any atom is -0.492 e. The van der Waals surface area contributed by atoms with Crippen molar-refractivity contribution < 1.29 is 18.9 Å². The van der Waals surface area contributed by atoms with E-state index in [9.17, 15) is 0 Å². The van der Waals surface area contributed by atoms with Gasteiger partial charge in [-0.15, -0.1) is 0 Å². The number of halogens is 4. The zero-order chi connectivity index (χ0) is 28.6. The normalized spacial score (nSPS) is 11.8. The van der Waals surface area contributed by atoms with Gasteiger partial charge in [-0.2, -0.15) is 0 Å². The van der Waals surface area contributed by atoms with Gasteiger partial charge in [-0.3, -0.25) is 0 Å². The maximum atomic E-state index is 6.56. The number of benzene rings is 4. The zero-order valence-electron chi connectivity index (χ0n) is 21.8. The smallest absolute Gasteiger partial charge is 0.165 e. The van der Waals surface area contributed by atoms with Crippen LogP contribution in [-0.2, 0) is 0 Å². The fourth-order valence-electron chi connectivity index (χ4n) is 4.58. The number of hydrogen-bond donors (Lipinski definition) is 4. The average molecular weight is 622 g/mol. The maximum absolute atomic E-state index is 6.56. The lowest BCUT2D eigenvalue weighted by Crippen LogP contribution is -2.06. The highest BCUT2D eigenvalue weighted by Gasteiger charge is 2.22. The third-order valence-corrected chi connectivity index (χ3v) is 6.98. The van der Waals surface area contributed by atoms with E-state index in [-0.39, 0.29) is 0 Å². The highest BCUT2D eigenvalue weighted by Crippen LogP contribution is 2.49. The number of fused-ring (bicyclic) bond motifs is 8. The molecule has 8 bridgehead atoms. The van der Waals surface area contributed by atoms with Crippen molar-refractivity contribution in [1.29, 1.82) is 0 Å². The highest BCUT2D eigenvalue weighted by atomic mass is 35.5. The summed E-state index contributed by atoms with van der Waals surface area (Å²) in [6.07, 6.45) is 0. The summed E-state index contributed by atoms with van der Waals surface area (Å²) in [5, 5.41) is 15.2. The van der Waals surface area contributed by atoms with Gasteiger partial charge in [0.15, 0.2) is 23.0 Å². The van der Waals surface area contributed by atoms with Crippen LogP contribution in [0.1, 0.15) is 0 Å². The van der Waals surface area contributed by atoms with E-state index >= 15 is 0 Å². The van der Waals surface area contributed by atoms with Crippen LogP contribution < -0.4 is 40.2 Å². The predicted octanol–water partition coefficient (Wildman–Crippen LogP) is 9.62. The van der Waals surface area contributed by atoms with E-state index in [0.29, 0.717) is 88.6 Å². The van der Waals surface area contributed by atoms with Gasteiger partial charge < -0.3 is 40.2 Å². The summed E-state index contributed by atoms with van der Waals surface area (Å²) < 4.78 is 23.2. The first-order valence-electron chi connectivity index (χ1n) is 11.8. The molecule has 0 unspecified atom stereocenters. The van der Waals surface area contributed by atoms with Crippen LogP contribution in [0.4, 0.5) is 45.5 Å². The van der Waals surface area contributed by atoms with E-state index in [4.69, 9.17) is 65.4 Å². The molecule has 0 atom stereocenters. The van der Waals surface area contributed by atoms with Crippen LogP contribution in [0.25, 0.3) is 0 Å². The van der Waals surface area contributed by atoms with E-state index in [1.807, 2.05) is 0 Å². The van der Waals surface area contributed by atoms with Crippen molar-refractivity contribution >= 4 is 91.9 Å². The quantitative estimate of drug-likeness (QED) is 0.158. The molecule has 0 aromatic heterocycles. The SMILES string of the molecule is COc1c2cc(Cl)cc1Nc1cc(Cl)cc(c1OC)Nc1cc(Cl)cc(c1OC)Nc1cc(Cl)cc(c1OC)N2. The Hall–Kier alpha value is -3.56. The Morgan fingerprint density at radius 1 is 0.350 bits per heavy atom. The van der Waals surface area contributed by atoms with Crippen LogP contribution in [0.15, 0.2) is 48.5 Å². The number of anilines is 8. The Bertz CT molecular complexity index is 1290. The summed E-state index contributed by atoms with van der Waals surface area (Å²) in [6.45, 7) is 0. The molecule has 8 nitrogen and oxygen atoms in total. The monoisotopic (exact) mass is 620 g/mol. The minimum absolute atomic E-state index is 0.444. The fraction of sp³-hybridized carbons (Fsp3) is 0.143. The standard InChI is InChI=1S/C28H24Cl4N4O4/c1-37-25-17-5-13(29)6-18(25)34-20-8-15(31)10-22(27(20)39-3)36-24-12-16(32)11-23(28(24)40-4)35-21-9-14(30)7-19(33-17)26(21)38-2/h5-12,33-36H,1-4H3. The van der Waals surface area contributed by atoms with Gasteiger partial charge in [0.05, 0.1) is 73.9 Å². The van der Waals surface area contributed by atoms with E-state index in [1.54, 1.807) is 77.0 Å². The van der Waals surface area contributed by atoms with Gasteiger partial charge in [-0.1, -0.05) is 46.4 Å². The van der Waals surface area contributed by atoms with Crippen molar-refractivity contribution in [2.45, 2.75) is 0 Å². The molecule has 0 radical (unpaired) electrons. The molecule has 0 saturated carbocycles. The summed E-state index contributed by atoms with van der Waals surface area (Å²) in [7, 11) is 6.24. The lowest BCUT2D eigenvalue weighted by Gasteiger charge is -2.23. The predicted molar refractivity (Wildman–Crippen MR) is 165 cm³/mol. The summed E-state index contributed by atoms with van der Waals surface area (Å²) >= 11 is 26.2. The van der Waals surface area contributed by atoms with Crippen LogP contribution in [0, 0.1) is 0 Å². The second-order valence-electron chi connectivity index (χ2n) is 8.64. The van der Waals surface area contributed by atoms with Crippen molar-refractivity contribution in [3.63, 3.8) is 0 Å². The fourth-order valence-corrected chi connectivity index (χ4v) is 5.45. The molecular formula is C28H24Cl4N4O4. The summed E-state index contributed by atoms with van der Waals surface area (Å²) in [4.78, 5) is 0. The van der Waals surface area contributed by atoms with Gasteiger partial charge >= 0.3 is 0 Å². The molecule has 4 N–H and O–H groups in total. The first-order chi connectivity index (χ1) is 19.2. The summed E-state index contributed by atoms with van der Waals surface area (Å²) in [5.41, 5.74) is 4.43. The Morgan fingerprint density at radius 2 is 0.500 bits per heavy atom. The lowest BCUT2D eigenvalue weighted by molar-refractivity contribution is 0.414. The minimum atomic E-state index is 0.444. The van der Waals surface area contributed by atoms with E-state index in [1.165, 1.54) is 0 Å². The topological polar surface area (TPSA) is 85.0 Å². The van der Waals surface area contributed by atoms with E-state index in [2.05, 4.69) is 21.3 Å². The Kier molecular flexibility index (Phi) is 8.05. The van der Waals surface area contributed by atoms with Crippen LogP contribution in [0.2, 0.25) is 20.1 Å². The largest absolute Gasteiger partial charge is 0.492 e. The van der Waals surface area contributed by atoms with Crippen molar-refractivity contribution in [3.05, 3.63) is 68.6 Å². The first kappa shape index (κ1) is 28.0. The molecule has 40 heavy (non-hydrogen) atoms. The molecule has 1 aliphatic heterocycles. The number of ether oxygens (including phenoxy) is 4. The number of rotatable bonds is 4. The Morgan fingerprint density at radius 3 is 0.625 bits per heavy atom. The molecule has 12 heteroatoms. The summed E-state index contributed by atoms with van der Waals surface area (Å²) in [6, 6.07) is 13.9. The van der Waals surface area contributed by atoms with Gasteiger partial charge in [-0.25, -0.2) is 0 Å². The van der Waals surface area contributed by atoms with Gasteiger partial charge in [0.25, 0.3) is 0 Å². The molecule has 0 saturated heterocycles. The van der Waals surface area contributed by atoms with Crippen molar-refractivity contribution in [2.75, 3.05) is 49.7 Å². The molecule has 0 amide bonds. The second-order valence-corrected chi connectivity index (χ2v) is 10.4. The van der Waals surface area contributed by atoms with E-state index < -0.39 is 0 Å². The van der Waals surface area contributed by atoms with Crippen molar-refractivity contribution in [1.82, 2.24) is 0 Å². The molecule has 5 rings (SSSR count). The molecule has 0 fully saturated rings. The summed E-state index contributed by atoms with van der Waals surface area (Å²) in [5.74, 6) is 1.90. The molecule has 208 valence electrons. The van der Waals surface area contributed by atoms with Crippen LogP contribution in [0.3, 0.4) is 0 Å².